The van der Waals surface area contributed by atoms with E-state index >= 15 is 0 Å². The maximum absolute atomic E-state index is 9.00. The van der Waals surface area contributed by atoms with Crippen LogP contribution in [0.2, 0.25) is 0 Å². The fourth-order valence-electron chi connectivity index (χ4n) is 1.36. The highest BCUT2D eigenvalue weighted by Gasteiger charge is 2.05. The van der Waals surface area contributed by atoms with E-state index in [-0.39, 0.29) is 12.6 Å². The molecule has 0 aliphatic rings. The van der Waals surface area contributed by atoms with Gasteiger partial charge >= 0.3 is 0 Å². The lowest BCUT2D eigenvalue weighted by molar-refractivity contribution is 0.242. The minimum Gasteiger partial charge on any atom is -0.395 e. The van der Waals surface area contributed by atoms with Crippen molar-refractivity contribution in [2.45, 2.75) is 18.9 Å². The van der Waals surface area contributed by atoms with E-state index in [2.05, 4.69) is 27.3 Å². The normalized spacial score (nSPS) is 12.8. The van der Waals surface area contributed by atoms with E-state index in [4.69, 9.17) is 5.11 Å². The SMILES string of the molecule is CNC(CO)CCc1ccccc1Br. The molecular formula is C11H16BrNO. The van der Waals surface area contributed by atoms with Gasteiger partial charge in [0.15, 0.2) is 0 Å². The second-order valence-electron chi connectivity index (χ2n) is 3.30. The van der Waals surface area contributed by atoms with Gasteiger partial charge in [-0.2, -0.15) is 0 Å². The summed E-state index contributed by atoms with van der Waals surface area (Å²) in [6, 6.07) is 8.39. The van der Waals surface area contributed by atoms with Crippen LogP contribution in [0.5, 0.6) is 0 Å². The summed E-state index contributed by atoms with van der Waals surface area (Å²) in [6.07, 6.45) is 1.93. The predicted octanol–water partition coefficient (Wildman–Crippen LogP) is 1.96. The summed E-state index contributed by atoms with van der Waals surface area (Å²) in [5.41, 5.74) is 1.29. The van der Waals surface area contributed by atoms with Gasteiger partial charge in [-0.05, 0) is 31.5 Å². The van der Waals surface area contributed by atoms with E-state index in [0.717, 1.165) is 17.3 Å². The highest BCUT2D eigenvalue weighted by Crippen LogP contribution is 2.17. The Morgan fingerprint density at radius 2 is 2.14 bits per heavy atom. The third-order valence-corrected chi connectivity index (χ3v) is 3.12. The van der Waals surface area contributed by atoms with Gasteiger partial charge in [0.25, 0.3) is 0 Å². The van der Waals surface area contributed by atoms with Crippen LogP contribution >= 0.6 is 15.9 Å². The number of halogens is 1. The van der Waals surface area contributed by atoms with Crippen molar-refractivity contribution in [2.24, 2.45) is 0 Å². The molecule has 0 amide bonds. The second-order valence-corrected chi connectivity index (χ2v) is 4.15. The molecule has 14 heavy (non-hydrogen) atoms. The molecule has 3 heteroatoms. The summed E-state index contributed by atoms with van der Waals surface area (Å²) in [5.74, 6) is 0. The van der Waals surface area contributed by atoms with Crippen LogP contribution in [0.15, 0.2) is 28.7 Å². The van der Waals surface area contributed by atoms with Crippen molar-refractivity contribution >= 4 is 15.9 Å². The standard InChI is InChI=1S/C11H16BrNO/c1-13-10(8-14)7-6-9-4-2-3-5-11(9)12/h2-5,10,13-14H,6-8H2,1H3. The van der Waals surface area contributed by atoms with Gasteiger partial charge < -0.3 is 10.4 Å². The fourth-order valence-corrected chi connectivity index (χ4v) is 1.84. The number of hydrogen-bond acceptors (Lipinski definition) is 2. The Bertz CT molecular complexity index is 274. The Kier molecular flexibility index (Phi) is 5.15. The van der Waals surface area contributed by atoms with E-state index in [1.54, 1.807) is 0 Å². The summed E-state index contributed by atoms with van der Waals surface area (Å²) in [7, 11) is 1.88. The number of likely N-dealkylation sites (N-methyl/N-ethyl adjacent to an activating group) is 1. The van der Waals surface area contributed by atoms with E-state index in [9.17, 15) is 0 Å². The third kappa shape index (κ3) is 3.40. The molecular weight excluding hydrogens is 242 g/mol. The second kappa shape index (κ2) is 6.17. The van der Waals surface area contributed by atoms with Crippen molar-refractivity contribution in [3.05, 3.63) is 34.3 Å². The number of aryl methyl sites for hydroxylation is 1. The Labute approximate surface area is 93.5 Å². The average molecular weight is 258 g/mol. The van der Waals surface area contributed by atoms with Gasteiger partial charge in [0.2, 0.25) is 0 Å². The van der Waals surface area contributed by atoms with Crippen LogP contribution in [0.4, 0.5) is 0 Å². The molecule has 1 atom stereocenters. The first kappa shape index (κ1) is 11.7. The number of aliphatic hydroxyl groups is 1. The number of nitrogens with one attached hydrogen (secondary N) is 1. The van der Waals surface area contributed by atoms with Crippen molar-refractivity contribution in [1.82, 2.24) is 5.32 Å². The van der Waals surface area contributed by atoms with Crippen LogP contribution in [-0.2, 0) is 6.42 Å². The third-order valence-electron chi connectivity index (χ3n) is 2.35. The quantitative estimate of drug-likeness (QED) is 0.846. The van der Waals surface area contributed by atoms with Gasteiger partial charge in [-0.15, -0.1) is 0 Å². The van der Waals surface area contributed by atoms with Crippen LogP contribution in [0.1, 0.15) is 12.0 Å². The van der Waals surface area contributed by atoms with Crippen molar-refractivity contribution < 1.29 is 5.11 Å². The van der Waals surface area contributed by atoms with Crippen LogP contribution < -0.4 is 5.32 Å². The lowest BCUT2D eigenvalue weighted by Crippen LogP contribution is -2.29. The molecule has 1 aromatic carbocycles. The molecule has 0 aliphatic heterocycles. The van der Waals surface area contributed by atoms with E-state index < -0.39 is 0 Å². The average Bonchev–Trinajstić information content (AvgIpc) is 2.22. The van der Waals surface area contributed by atoms with Crippen LogP contribution in [-0.4, -0.2) is 24.8 Å². The summed E-state index contributed by atoms with van der Waals surface area (Å²) in [6.45, 7) is 0.195. The van der Waals surface area contributed by atoms with Crippen LogP contribution in [0.3, 0.4) is 0 Å². The van der Waals surface area contributed by atoms with E-state index in [1.807, 2.05) is 25.2 Å². The molecule has 0 bridgehead atoms. The molecule has 0 aliphatic carbocycles. The zero-order chi connectivity index (χ0) is 10.4. The number of benzene rings is 1. The summed E-state index contributed by atoms with van der Waals surface area (Å²) in [4.78, 5) is 0. The number of aliphatic hydroxyl groups excluding tert-OH is 1. The first-order valence-electron chi connectivity index (χ1n) is 4.79. The molecule has 0 fully saturated rings. The largest absolute Gasteiger partial charge is 0.395 e. The smallest absolute Gasteiger partial charge is 0.0584 e. The molecule has 2 N–H and O–H groups in total. The highest BCUT2D eigenvalue weighted by molar-refractivity contribution is 9.10. The molecule has 1 aromatic rings. The molecule has 1 unspecified atom stereocenters. The number of hydrogen-bond donors (Lipinski definition) is 2. The molecule has 0 saturated carbocycles. The Hall–Kier alpha value is -0.380. The van der Waals surface area contributed by atoms with Gasteiger partial charge in [0.1, 0.15) is 0 Å². The highest BCUT2D eigenvalue weighted by atomic mass is 79.9. The van der Waals surface area contributed by atoms with Crippen LogP contribution in [0, 0.1) is 0 Å². The maximum Gasteiger partial charge on any atom is 0.0584 e. The molecule has 0 heterocycles. The monoisotopic (exact) mass is 257 g/mol. The zero-order valence-corrected chi connectivity index (χ0v) is 9.92. The molecule has 1 rings (SSSR count). The van der Waals surface area contributed by atoms with Crippen LogP contribution in [0.25, 0.3) is 0 Å². The maximum atomic E-state index is 9.00. The lowest BCUT2D eigenvalue weighted by atomic mass is 10.1. The topological polar surface area (TPSA) is 32.3 Å². The van der Waals surface area contributed by atoms with Crippen molar-refractivity contribution in [3.63, 3.8) is 0 Å². The molecule has 0 aromatic heterocycles. The van der Waals surface area contributed by atoms with Crippen molar-refractivity contribution in [3.8, 4) is 0 Å². The van der Waals surface area contributed by atoms with E-state index in [0.29, 0.717) is 0 Å². The van der Waals surface area contributed by atoms with Gasteiger partial charge in [-0.3, -0.25) is 0 Å². The molecule has 78 valence electrons. The van der Waals surface area contributed by atoms with Gasteiger partial charge in [0, 0.05) is 10.5 Å². The van der Waals surface area contributed by atoms with Gasteiger partial charge in [-0.1, -0.05) is 34.1 Å². The van der Waals surface area contributed by atoms with Gasteiger partial charge in [-0.25, -0.2) is 0 Å². The Morgan fingerprint density at radius 1 is 1.43 bits per heavy atom. The minimum absolute atomic E-state index is 0.195. The molecule has 2 nitrogen and oxygen atoms in total. The summed E-state index contributed by atoms with van der Waals surface area (Å²) < 4.78 is 1.15. The molecule has 0 saturated heterocycles. The molecule has 0 radical (unpaired) electrons. The van der Waals surface area contributed by atoms with Crippen molar-refractivity contribution in [2.75, 3.05) is 13.7 Å². The van der Waals surface area contributed by atoms with Crippen molar-refractivity contribution in [1.29, 1.82) is 0 Å². The zero-order valence-electron chi connectivity index (χ0n) is 8.33. The first-order chi connectivity index (χ1) is 6.77. The Balaban J connectivity index is 2.49. The lowest BCUT2D eigenvalue weighted by Gasteiger charge is -2.13. The summed E-state index contributed by atoms with van der Waals surface area (Å²) >= 11 is 3.51. The minimum atomic E-state index is 0.195. The first-order valence-corrected chi connectivity index (χ1v) is 5.58. The number of rotatable bonds is 5. The van der Waals surface area contributed by atoms with E-state index in [1.165, 1.54) is 5.56 Å². The molecule has 0 spiro atoms. The summed E-state index contributed by atoms with van der Waals surface area (Å²) in [5, 5.41) is 12.1. The Morgan fingerprint density at radius 3 is 2.71 bits per heavy atom. The van der Waals surface area contributed by atoms with Gasteiger partial charge in [0.05, 0.1) is 6.61 Å². The predicted molar refractivity (Wildman–Crippen MR) is 62.4 cm³/mol. The fraction of sp³-hybridized carbons (Fsp3) is 0.455.